The monoisotopic (exact) mass is 376 g/mol. The highest BCUT2D eigenvalue weighted by Gasteiger charge is 2.38. The Balaban J connectivity index is 1.62. The first kappa shape index (κ1) is 18.6. The summed E-state index contributed by atoms with van der Waals surface area (Å²) in [7, 11) is 0. The normalized spacial score (nSPS) is 22.8. The van der Waals surface area contributed by atoms with Crippen molar-refractivity contribution in [2.45, 2.75) is 25.0 Å². The van der Waals surface area contributed by atoms with Crippen LogP contribution in [0.3, 0.4) is 0 Å². The summed E-state index contributed by atoms with van der Waals surface area (Å²) < 4.78 is 6.17. The van der Waals surface area contributed by atoms with Gasteiger partial charge in [-0.2, -0.15) is 5.26 Å². The summed E-state index contributed by atoms with van der Waals surface area (Å²) in [6, 6.07) is 15.2. The van der Waals surface area contributed by atoms with Gasteiger partial charge >= 0.3 is 0 Å². The molecule has 2 saturated heterocycles. The summed E-state index contributed by atoms with van der Waals surface area (Å²) in [6.45, 7) is 4.07. The van der Waals surface area contributed by atoms with E-state index in [1.807, 2.05) is 29.2 Å². The van der Waals surface area contributed by atoms with E-state index in [1.165, 1.54) is 19.0 Å². The van der Waals surface area contributed by atoms with E-state index in [2.05, 4.69) is 22.0 Å². The Labute approximate surface area is 165 Å². The number of carbonyl (C=O) groups is 1. The van der Waals surface area contributed by atoms with Gasteiger partial charge in [0.1, 0.15) is 11.8 Å². The molecule has 1 aromatic carbocycles. The molecule has 0 N–H and O–H groups in total. The SMILES string of the molecule is N#Cc1ccc(C(=O)N2CCO[C@@H](CN3CCCC3)[C@@H]2c2ccccc2)cn1. The van der Waals surface area contributed by atoms with Gasteiger partial charge in [0, 0.05) is 19.3 Å². The number of carbonyl (C=O) groups excluding carboxylic acids is 1. The van der Waals surface area contributed by atoms with E-state index in [0.717, 1.165) is 25.2 Å². The molecule has 144 valence electrons. The predicted molar refractivity (Wildman–Crippen MR) is 105 cm³/mol. The molecule has 0 aliphatic carbocycles. The second-order valence-corrected chi connectivity index (χ2v) is 7.31. The Morgan fingerprint density at radius 1 is 1.14 bits per heavy atom. The minimum absolute atomic E-state index is 0.0652. The van der Waals surface area contributed by atoms with Crippen LogP contribution in [-0.4, -0.2) is 59.6 Å². The van der Waals surface area contributed by atoms with Crippen LogP contribution in [0.5, 0.6) is 0 Å². The van der Waals surface area contributed by atoms with Crippen molar-refractivity contribution in [2.75, 3.05) is 32.8 Å². The molecule has 4 rings (SSSR count). The molecule has 2 atom stereocenters. The molecule has 28 heavy (non-hydrogen) atoms. The molecule has 1 amide bonds. The van der Waals surface area contributed by atoms with Crippen LogP contribution >= 0.6 is 0 Å². The van der Waals surface area contributed by atoms with E-state index in [9.17, 15) is 4.79 Å². The predicted octanol–water partition coefficient (Wildman–Crippen LogP) is 2.63. The first-order valence-electron chi connectivity index (χ1n) is 9.82. The van der Waals surface area contributed by atoms with Gasteiger partial charge in [0.2, 0.25) is 0 Å². The Morgan fingerprint density at radius 3 is 2.61 bits per heavy atom. The van der Waals surface area contributed by atoms with E-state index in [4.69, 9.17) is 10.00 Å². The Hall–Kier alpha value is -2.75. The van der Waals surface area contributed by atoms with Crippen LogP contribution in [0.15, 0.2) is 48.7 Å². The summed E-state index contributed by atoms with van der Waals surface area (Å²) in [6.07, 6.45) is 3.88. The summed E-state index contributed by atoms with van der Waals surface area (Å²) in [5.41, 5.74) is 1.90. The number of nitriles is 1. The third-order valence-electron chi connectivity index (χ3n) is 5.52. The van der Waals surface area contributed by atoms with Crippen molar-refractivity contribution < 1.29 is 9.53 Å². The van der Waals surface area contributed by atoms with Gasteiger partial charge in [0.15, 0.2) is 0 Å². The topological polar surface area (TPSA) is 69.5 Å². The maximum atomic E-state index is 13.3. The molecule has 0 spiro atoms. The molecule has 0 saturated carbocycles. The number of rotatable bonds is 4. The first-order valence-corrected chi connectivity index (χ1v) is 9.82. The second-order valence-electron chi connectivity index (χ2n) is 7.31. The van der Waals surface area contributed by atoms with Crippen molar-refractivity contribution in [3.63, 3.8) is 0 Å². The van der Waals surface area contributed by atoms with Gasteiger partial charge in [-0.25, -0.2) is 4.98 Å². The number of nitrogens with zero attached hydrogens (tertiary/aromatic N) is 4. The minimum atomic E-state index is -0.140. The molecule has 0 bridgehead atoms. The molecule has 2 fully saturated rings. The van der Waals surface area contributed by atoms with Crippen molar-refractivity contribution in [1.82, 2.24) is 14.8 Å². The molecule has 6 heteroatoms. The lowest BCUT2D eigenvalue weighted by Gasteiger charge is -2.42. The molecular formula is C22H24N4O2. The van der Waals surface area contributed by atoms with Crippen molar-refractivity contribution >= 4 is 5.91 Å². The van der Waals surface area contributed by atoms with Crippen LogP contribution in [0.4, 0.5) is 0 Å². The Bertz CT molecular complexity index is 841. The number of benzene rings is 1. The van der Waals surface area contributed by atoms with Gasteiger partial charge in [-0.05, 0) is 43.6 Å². The lowest BCUT2D eigenvalue weighted by Crippen LogP contribution is -2.51. The van der Waals surface area contributed by atoms with Gasteiger partial charge in [-0.3, -0.25) is 4.79 Å². The van der Waals surface area contributed by atoms with Crippen molar-refractivity contribution in [3.05, 3.63) is 65.5 Å². The summed E-state index contributed by atoms with van der Waals surface area (Å²) in [4.78, 5) is 21.7. The molecule has 0 unspecified atom stereocenters. The number of ether oxygens (including phenoxy) is 1. The molecule has 6 nitrogen and oxygen atoms in total. The third-order valence-corrected chi connectivity index (χ3v) is 5.52. The molecule has 3 heterocycles. The highest BCUT2D eigenvalue weighted by atomic mass is 16.5. The van der Waals surface area contributed by atoms with Crippen LogP contribution in [0.2, 0.25) is 0 Å². The van der Waals surface area contributed by atoms with E-state index < -0.39 is 0 Å². The average Bonchev–Trinajstić information content (AvgIpc) is 3.27. The maximum Gasteiger partial charge on any atom is 0.256 e. The van der Waals surface area contributed by atoms with E-state index in [1.54, 1.807) is 12.1 Å². The number of likely N-dealkylation sites (tertiary alicyclic amines) is 1. The molecule has 2 aromatic rings. The number of amides is 1. The van der Waals surface area contributed by atoms with Crippen molar-refractivity contribution in [1.29, 1.82) is 5.26 Å². The molecule has 0 radical (unpaired) electrons. The number of pyridine rings is 1. The number of aromatic nitrogens is 1. The van der Waals surface area contributed by atoms with Crippen LogP contribution < -0.4 is 0 Å². The number of morpholine rings is 1. The lowest BCUT2D eigenvalue weighted by atomic mass is 9.96. The fraction of sp³-hybridized carbons (Fsp3) is 0.409. The van der Waals surface area contributed by atoms with Gasteiger partial charge in [-0.15, -0.1) is 0 Å². The standard InChI is InChI=1S/C22H24N4O2/c23-14-19-9-8-18(15-24-19)22(27)26-12-13-28-20(16-25-10-4-5-11-25)21(26)17-6-2-1-3-7-17/h1-3,6-9,15,20-21H,4-5,10-13,16H2/t20-,21-/m0/s1. The van der Waals surface area contributed by atoms with Gasteiger partial charge in [-0.1, -0.05) is 30.3 Å². The van der Waals surface area contributed by atoms with Crippen molar-refractivity contribution in [2.24, 2.45) is 0 Å². The van der Waals surface area contributed by atoms with Crippen LogP contribution in [0.25, 0.3) is 0 Å². The Kier molecular flexibility index (Phi) is 5.65. The highest BCUT2D eigenvalue weighted by Crippen LogP contribution is 2.32. The first-order chi connectivity index (χ1) is 13.8. The van der Waals surface area contributed by atoms with Crippen LogP contribution in [0, 0.1) is 11.3 Å². The lowest BCUT2D eigenvalue weighted by molar-refractivity contribution is -0.0707. The smallest absolute Gasteiger partial charge is 0.256 e. The highest BCUT2D eigenvalue weighted by molar-refractivity contribution is 5.94. The number of hydrogen-bond donors (Lipinski definition) is 0. The molecule has 2 aliphatic rings. The Morgan fingerprint density at radius 2 is 1.93 bits per heavy atom. The second kappa shape index (κ2) is 8.51. The summed E-state index contributed by atoms with van der Waals surface area (Å²) in [5.74, 6) is -0.0689. The fourth-order valence-corrected chi connectivity index (χ4v) is 4.13. The summed E-state index contributed by atoms with van der Waals surface area (Å²) >= 11 is 0. The maximum absolute atomic E-state index is 13.3. The van der Waals surface area contributed by atoms with E-state index >= 15 is 0 Å². The molecule has 2 aliphatic heterocycles. The zero-order valence-electron chi connectivity index (χ0n) is 15.8. The number of hydrogen-bond acceptors (Lipinski definition) is 5. The zero-order valence-corrected chi connectivity index (χ0v) is 15.8. The van der Waals surface area contributed by atoms with Crippen molar-refractivity contribution in [3.8, 4) is 6.07 Å². The van der Waals surface area contributed by atoms with Gasteiger partial charge in [0.05, 0.1) is 24.3 Å². The van der Waals surface area contributed by atoms with E-state index in [0.29, 0.717) is 24.4 Å². The van der Waals surface area contributed by atoms with Crippen LogP contribution in [-0.2, 0) is 4.74 Å². The minimum Gasteiger partial charge on any atom is -0.373 e. The zero-order chi connectivity index (χ0) is 19.3. The summed E-state index contributed by atoms with van der Waals surface area (Å²) in [5, 5.41) is 8.95. The molecular weight excluding hydrogens is 352 g/mol. The van der Waals surface area contributed by atoms with E-state index in [-0.39, 0.29) is 18.1 Å². The average molecular weight is 376 g/mol. The fourth-order valence-electron chi connectivity index (χ4n) is 4.13. The molecule has 1 aromatic heterocycles. The van der Waals surface area contributed by atoms with Gasteiger partial charge in [0.25, 0.3) is 5.91 Å². The van der Waals surface area contributed by atoms with Crippen LogP contribution in [0.1, 0.15) is 40.5 Å². The third kappa shape index (κ3) is 3.91. The largest absolute Gasteiger partial charge is 0.373 e. The van der Waals surface area contributed by atoms with Gasteiger partial charge < -0.3 is 14.5 Å². The quantitative estimate of drug-likeness (QED) is 0.820.